The third-order valence-corrected chi connectivity index (χ3v) is 3.91. The number of hydrogen-bond donors (Lipinski definition) is 3. The van der Waals surface area contributed by atoms with Crippen molar-refractivity contribution in [3.63, 3.8) is 0 Å². The number of amides is 4. The Morgan fingerprint density at radius 3 is 2.21 bits per heavy atom. The SMILES string of the molecule is CCN(CC(=O)Nc1ccccc1C(F)(F)F)C(C)C(=O)NC(=O)NC(C)(C)C. The molecule has 0 bridgehead atoms. The van der Waals surface area contributed by atoms with Crippen molar-refractivity contribution in [2.75, 3.05) is 18.4 Å². The van der Waals surface area contributed by atoms with Gasteiger partial charge in [0.1, 0.15) is 0 Å². The van der Waals surface area contributed by atoms with Crippen molar-refractivity contribution in [3.8, 4) is 0 Å². The van der Waals surface area contributed by atoms with Crippen molar-refractivity contribution in [1.29, 1.82) is 0 Å². The van der Waals surface area contributed by atoms with Crippen LogP contribution in [-0.2, 0) is 15.8 Å². The summed E-state index contributed by atoms with van der Waals surface area (Å²) in [5.74, 6) is -1.33. The second kappa shape index (κ2) is 9.73. The fraction of sp³-hybridized carbons (Fsp3) is 0.526. The summed E-state index contributed by atoms with van der Waals surface area (Å²) in [4.78, 5) is 37.8. The number of rotatable bonds is 6. The minimum absolute atomic E-state index is 0.268. The molecule has 1 rings (SSSR count). The molecule has 0 heterocycles. The van der Waals surface area contributed by atoms with Crippen LogP contribution in [0, 0.1) is 0 Å². The first-order valence-corrected chi connectivity index (χ1v) is 9.07. The van der Waals surface area contributed by atoms with Crippen molar-refractivity contribution in [3.05, 3.63) is 29.8 Å². The van der Waals surface area contributed by atoms with Gasteiger partial charge in [-0.25, -0.2) is 4.79 Å². The zero-order chi connectivity index (χ0) is 22.4. The second-order valence-corrected chi connectivity index (χ2v) is 7.52. The minimum atomic E-state index is -4.61. The van der Waals surface area contributed by atoms with Crippen molar-refractivity contribution >= 4 is 23.5 Å². The lowest BCUT2D eigenvalue weighted by molar-refractivity contribution is -0.137. The molecule has 1 aromatic rings. The summed E-state index contributed by atoms with van der Waals surface area (Å²) in [6.45, 7) is 8.39. The van der Waals surface area contributed by atoms with Crippen LogP contribution in [0.25, 0.3) is 0 Å². The first-order chi connectivity index (χ1) is 13.2. The van der Waals surface area contributed by atoms with Crippen LogP contribution in [0.15, 0.2) is 24.3 Å². The molecule has 162 valence electrons. The molecule has 0 spiro atoms. The summed E-state index contributed by atoms with van der Waals surface area (Å²) in [5, 5.41) is 7.01. The van der Waals surface area contributed by atoms with Gasteiger partial charge in [-0.15, -0.1) is 0 Å². The molecule has 0 fully saturated rings. The number of alkyl halides is 3. The maximum absolute atomic E-state index is 13.0. The number of anilines is 1. The molecule has 1 aromatic carbocycles. The summed E-state index contributed by atoms with van der Waals surface area (Å²) in [7, 11) is 0. The van der Waals surface area contributed by atoms with Crippen LogP contribution < -0.4 is 16.0 Å². The van der Waals surface area contributed by atoms with Crippen LogP contribution in [0.4, 0.5) is 23.7 Å². The first-order valence-electron chi connectivity index (χ1n) is 9.07. The van der Waals surface area contributed by atoms with Crippen LogP contribution in [-0.4, -0.2) is 47.4 Å². The van der Waals surface area contributed by atoms with Crippen molar-refractivity contribution in [2.24, 2.45) is 0 Å². The number of urea groups is 1. The van der Waals surface area contributed by atoms with Gasteiger partial charge in [-0.2, -0.15) is 13.2 Å². The quantitative estimate of drug-likeness (QED) is 0.665. The summed E-state index contributed by atoms with van der Waals surface area (Å²) in [5.41, 5.74) is -1.85. The maximum Gasteiger partial charge on any atom is 0.418 e. The molecule has 3 N–H and O–H groups in total. The van der Waals surface area contributed by atoms with Gasteiger partial charge >= 0.3 is 12.2 Å². The fourth-order valence-corrected chi connectivity index (χ4v) is 2.49. The zero-order valence-electron chi connectivity index (χ0n) is 17.1. The topological polar surface area (TPSA) is 90.5 Å². The number of carbonyl (C=O) groups is 3. The number of nitrogens with zero attached hydrogens (tertiary/aromatic N) is 1. The molecule has 1 unspecified atom stereocenters. The van der Waals surface area contributed by atoms with Crippen LogP contribution in [0.1, 0.15) is 40.2 Å². The molecule has 0 aromatic heterocycles. The molecule has 1 atom stereocenters. The average Bonchev–Trinajstić information content (AvgIpc) is 2.56. The fourth-order valence-electron chi connectivity index (χ4n) is 2.49. The Kier molecular flexibility index (Phi) is 8.19. The molecular formula is C19H27F3N4O3. The Bertz CT molecular complexity index is 745. The third kappa shape index (κ3) is 8.10. The smallest absolute Gasteiger partial charge is 0.333 e. The van der Waals surface area contributed by atoms with Crippen LogP contribution in [0.3, 0.4) is 0 Å². The van der Waals surface area contributed by atoms with Gasteiger partial charge in [0.2, 0.25) is 11.8 Å². The lowest BCUT2D eigenvalue weighted by Crippen LogP contribution is -2.54. The Morgan fingerprint density at radius 1 is 1.10 bits per heavy atom. The van der Waals surface area contributed by atoms with E-state index in [-0.39, 0.29) is 18.8 Å². The van der Waals surface area contributed by atoms with Gasteiger partial charge < -0.3 is 10.6 Å². The zero-order valence-corrected chi connectivity index (χ0v) is 17.1. The monoisotopic (exact) mass is 416 g/mol. The number of carbonyl (C=O) groups excluding carboxylic acids is 3. The largest absolute Gasteiger partial charge is 0.418 e. The Labute approximate surface area is 168 Å². The number of nitrogens with one attached hydrogen (secondary N) is 3. The lowest BCUT2D eigenvalue weighted by atomic mass is 10.1. The molecule has 0 aliphatic heterocycles. The minimum Gasteiger partial charge on any atom is -0.333 e. The second-order valence-electron chi connectivity index (χ2n) is 7.52. The van der Waals surface area contributed by atoms with E-state index in [1.54, 1.807) is 27.7 Å². The average molecular weight is 416 g/mol. The van der Waals surface area contributed by atoms with Crippen LogP contribution >= 0.6 is 0 Å². The van der Waals surface area contributed by atoms with Gasteiger partial charge in [0.15, 0.2) is 0 Å². The number of likely N-dealkylation sites (N-methyl/N-ethyl adjacent to an activating group) is 1. The highest BCUT2D eigenvalue weighted by Crippen LogP contribution is 2.34. The number of halogens is 3. The van der Waals surface area contributed by atoms with E-state index in [1.807, 2.05) is 0 Å². The molecule has 4 amide bonds. The van der Waals surface area contributed by atoms with E-state index in [2.05, 4.69) is 16.0 Å². The van der Waals surface area contributed by atoms with Crippen LogP contribution in [0.2, 0.25) is 0 Å². The molecule has 0 saturated heterocycles. The summed E-state index contributed by atoms with van der Waals surface area (Å²) >= 11 is 0. The van der Waals surface area contributed by atoms with Gasteiger partial charge in [-0.1, -0.05) is 19.1 Å². The summed E-state index contributed by atoms with van der Waals surface area (Å²) in [6, 6.07) is 3.11. The van der Waals surface area contributed by atoms with Gasteiger partial charge in [0.05, 0.1) is 23.8 Å². The van der Waals surface area contributed by atoms with Crippen molar-refractivity contribution in [2.45, 2.75) is 52.4 Å². The Balaban J connectivity index is 2.76. The molecule has 0 saturated carbocycles. The van der Waals surface area contributed by atoms with Gasteiger partial charge in [-0.05, 0) is 46.4 Å². The van der Waals surface area contributed by atoms with Crippen molar-refractivity contribution < 1.29 is 27.6 Å². The van der Waals surface area contributed by atoms with E-state index in [0.717, 1.165) is 12.1 Å². The lowest BCUT2D eigenvalue weighted by Gasteiger charge is -2.27. The normalized spacial score (nSPS) is 13.0. The Hall–Kier alpha value is -2.62. The summed E-state index contributed by atoms with van der Waals surface area (Å²) < 4.78 is 39.1. The standard InChI is InChI=1S/C19H27F3N4O3/c1-6-26(12(2)16(28)24-17(29)25-18(3,4)5)11-15(27)23-14-10-8-7-9-13(14)19(20,21)22/h7-10,12H,6,11H2,1-5H3,(H,23,27)(H2,24,25,28,29). The van der Waals surface area contributed by atoms with E-state index in [1.165, 1.54) is 24.0 Å². The molecular weight excluding hydrogens is 389 g/mol. The number of benzene rings is 1. The van der Waals surface area contributed by atoms with Crippen molar-refractivity contribution in [1.82, 2.24) is 15.5 Å². The molecule has 0 aliphatic rings. The highest BCUT2D eigenvalue weighted by Gasteiger charge is 2.34. The predicted molar refractivity (Wildman–Crippen MR) is 103 cm³/mol. The van der Waals surface area contributed by atoms with E-state index < -0.39 is 41.2 Å². The van der Waals surface area contributed by atoms with Gasteiger partial charge in [0, 0.05) is 5.54 Å². The Morgan fingerprint density at radius 2 is 1.69 bits per heavy atom. The predicted octanol–water partition coefficient (Wildman–Crippen LogP) is 2.98. The van der Waals surface area contributed by atoms with E-state index >= 15 is 0 Å². The molecule has 10 heteroatoms. The van der Waals surface area contributed by atoms with E-state index in [0.29, 0.717) is 0 Å². The number of hydrogen-bond acceptors (Lipinski definition) is 4. The highest BCUT2D eigenvalue weighted by atomic mass is 19.4. The number of imide groups is 1. The van der Waals surface area contributed by atoms with Crippen LogP contribution in [0.5, 0.6) is 0 Å². The molecule has 0 radical (unpaired) electrons. The summed E-state index contributed by atoms with van der Waals surface area (Å²) in [6.07, 6.45) is -4.61. The molecule has 0 aliphatic carbocycles. The molecule has 29 heavy (non-hydrogen) atoms. The third-order valence-electron chi connectivity index (χ3n) is 3.91. The van der Waals surface area contributed by atoms with Gasteiger partial charge in [-0.3, -0.25) is 19.8 Å². The first kappa shape index (κ1) is 24.4. The highest BCUT2D eigenvalue weighted by molar-refractivity contribution is 5.98. The van der Waals surface area contributed by atoms with E-state index in [4.69, 9.17) is 0 Å². The van der Waals surface area contributed by atoms with E-state index in [9.17, 15) is 27.6 Å². The molecule has 7 nitrogen and oxygen atoms in total. The number of para-hydroxylation sites is 1. The van der Waals surface area contributed by atoms with Gasteiger partial charge in [0.25, 0.3) is 0 Å². The maximum atomic E-state index is 13.0.